The molecule has 1 fully saturated rings. The molecule has 1 atom stereocenters. The summed E-state index contributed by atoms with van der Waals surface area (Å²) in [5, 5.41) is 9.59. The second-order valence-electron chi connectivity index (χ2n) is 7.71. The summed E-state index contributed by atoms with van der Waals surface area (Å²) in [7, 11) is 0. The molecule has 156 valence electrons. The number of aliphatic hydroxyl groups excluding tert-OH is 1. The minimum atomic E-state index is -0.951. The molecular weight excluding hydrogens is 377 g/mol. The standard InChI is InChI=1S/C24H27F3O2/c1-3-4-13-29-22-12-11-20(23(26)24(22)27)17-7-5-16(6-8-17)19-10-9-18(15(2)28)14-21(19)25/h3,9-12,14-17,28H,1,4-8,13H2,2H3. The fourth-order valence-corrected chi connectivity index (χ4v) is 4.08. The maximum Gasteiger partial charge on any atom is 0.200 e. The van der Waals surface area contributed by atoms with Crippen LogP contribution in [0.1, 0.15) is 73.7 Å². The summed E-state index contributed by atoms with van der Waals surface area (Å²) < 4.78 is 48.7. The van der Waals surface area contributed by atoms with E-state index in [-0.39, 0.29) is 30.0 Å². The van der Waals surface area contributed by atoms with Gasteiger partial charge in [0.05, 0.1) is 12.7 Å². The molecule has 5 heteroatoms. The Morgan fingerprint density at radius 2 is 1.66 bits per heavy atom. The monoisotopic (exact) mass is 404 g/mol. The van der Waals surface area contributed by atoms with Crippen LogP contribution >= 0.6 is 0 Å². The minimum absolute atomic E-state index is 0.0451. The van der Waals surface area contributed by atoms with Crippen LogP contribution in [0, 0.1) is 17.5 Å². The predicted octanol–water partition coefficient (Wildman–Crippen LogP) is 6.55. The second kappa shape index (κ2) is 9.49. The highest BCUT2D eigenvalue weighted by Gasteiger charge is 2.28. The Kier molecular flexibility index (Phi) is 7.01. The van der Waals surface area contributed by atoms with Crippen LogP contribution in [0.15, 0.2) is 43.0 Å². The fourth-order valence-electron chi connectivity index (χ4n) is 4.08. The zero-order chi connectivity index (χ0) is 21.0. The van der Waals surface area contributed by atoms with Crippen LogP contribution in [0.4, 0.5) is 13.2 Å². The SMILES string of the molecule is C=CCCOc1ccc(C2CCC(c3ccc(C(C)O)cc3F)CC2)c(F)c1F. The lowest BCUT2D eigenvalue weighted by Crippen LogP contribution is -2.15. The molecule has 1 unspecified atom stereocenters. The highest BCUT2D eigenvalue weighted by molar-refractivity contribution is 5.34. The van der Waals surface area contributed by atoms with Gasteiger partial charge in [0.15, 0.2) is 11.6 Å². The van der Waals surface area contributed by atoms with Crippen LogP contribution in [0.2, 0.25) is 0 Å². The van der Waals surface area contributed by atoms with Crippen molar-refractivity contribution in [2.75, 3.05) is 6.61 Å². The van der Waals surface area contributed by atoms with Gasteiger partial charge in [-0.2, -0.15) is 4.39 Å². The zero-order valence-corrected chi connectivity index (χ0v) is 16.6. The summed E-state index contributed by atoms with van der Waals surface area (Å²) in [4.78, 5) is 0. The van der Waals surface area contributed by atoms with Crippen LogP contribution in [0.25, 0.3) is 0 Å². The summed E-state index contributed by atoms with van der Waals surface area (Å²) in [5.41, 5.74) is 1.54. The van der Waals surface area contributed by atoms with E-state index in [9.17, 15) is 18.3 Å². The lowest BCUT2D eigenvalue weighted by molar-refractivity contribution is 0.198. The number of hydrogen-bond donors (Lipinski definition) is 1. The summed E-state index contributed by atoms with van der Waals surface area (Å²) in [5.74, 6) is -2.25. The molecule has 0 amide bonds. The molecule has 0 radical (unpaired) electrons. The van der Waals surface area contributed by atoms with Gasteiger partial charge in [0.2, 0.25) is 5.82 Å². The van der Waals surface area contributed by atoms with Crippen molar-refractivity contribution in [2.45, 2.75) is 57.0 Å². The summed E-state index contributed by atoms with van der Waals surface area (Å²) >= 11 is 0. The van der Waals surface area contributed by atoms with Crippen LogP contribution < -0.4 is 4.74 Å². The molecule has 1 aliphatic rings. The van der Waals surface area contributed by atoms with Crippen molar-refractivity contribution in [3.05, 3.63) is 77.1 Å². The third kappa shape index (κ3) is 4.84. The molecule has 0 spiro atoms. The summed E-state index contributed by atoms with van der Waals surface area (Å²) in [6.45, 7) is 5.42. The summed E-state index contributed by atoms with van der Waals surface area (Å²) in [6, 6.07) is 7.95. The van der Waals surface area contributed by atoms with Gasteiger partial charge < -0.3 is 9.84 Å². The van der Waals surface area contributed by atoms with E-state index in [1.807, 2.05) is 0 Å². The number of ether oxygens (including phenoxy) is 1. The lowest BCUT2D eigenvalue weighted by Gasteiger charge is -2.30. The first-order chi connectivity index (χ1) is 13.9. The van der Waals surface area contributed by atoms with E-state index in [1.54, 1.807) is 31.2 Å². The Balaban J connectivity index is 1.68. The molecule has 1 saturated carbocycles. The molecule has 0 saturated heterocycles. The van der Waals surface area contributed by atoms with E-state index in [0.717, 1.165) is 0 Å². The van der Waals surface area contributed by atoms with Gasteiger partial charge in [0.1, 0.15) is 5.82 Å². The molecule has 0 heterocycles. The molecule has 0 aliphatic heterocycles. The molecule has 2 aromatic carbocycles. The first kappa shape index (κ1) is 21.4. The molecular formula is C24H27F3O2. The highest BCUT2D eigenvalue weighted by Crippen LogP contribution is 2.43. The molecule has 29 heavy (non-hydrogen) atoms. The van der Waals surface area contributed by atoms with E-state index in [1.165, 1.54) is 12.1 Å². The maximum atomic E-state index is 14.6. The van der Waals surface area contributed by atoms with Gasteiger partial charge in [-0.15, -0.1) is 6.58 Å². The Morgan fingerprint density at radius 1 is 1.03 bits per heavy atom. The van der Waals surface area contributed by atoms with E-state index < -0.39 is 17.7 Å². The number of hydrogen-bond acceptors (Lipinski definition) is 2. The van der Waals surface area contributed by atoms with Crippen molar-refractivity contribution in [1.29, 1.82) is 0 Å². The van der Waals surface area contributed by atoms with E-state index >= 15 is 0 Å². The molecule has 3 rings (SSSR count). The highest BCUT2D eigenvalue weighted by atomic mass is 19.2. The number of halogens is 3. The van der Waals surface area contributed by atoms with Crippen LogP contribution in [0.3, 0.4) is 0 Å². The molecule has 0 bridgehead atoms. The molecule has 1 aliphatic carbocycles. The Bertz CT molecular complexity index is 855. The normalized spacial score (nSPS) is 20.3. The van der Waals surface area contributed by atoms with Gasteiger partial charge in [-0.05, 0) is 79.7 Å². The largest absolute Gasteiger partial charge is 0.490 e. The van der Waals surface area contributed by atoms with Gasteiger partial charge in [0.25, 0.3) is 0 Å². The van der Waals surface area contributed by atoms with Crippen molar-refractivity contribution in [2.24, 2.45) is 0 Å². The first-order valence-electron chi connectivity index (χ1n) is 10.1. The predicted molar refractivity (Wildman–Crippen MR) is 108 cm³/mol. The Labute approximate surface area is 170 Å². The molecule has 2 nitrogen and oxygen atoms in total. The molecule has 2 aromatic rings. The smallest absolute Gasteiger partial charge is 0.200 e. The lowest BCUT2D eigenvalue weighted by atomic mass is 9.75. The van der Waals surface area contributed by atoms with Crippen molar-refractivity contribution in [3.63, 3.8) is 0 Å². The van der Waals surface area contributed by atoms with E-state index in [2.05, 4.69) is 6.58 Å². The van der Waals surface area contributed by atoms with Crippen molar-refractivity contribution in [1.82, 2.24) is 0 Å². The number of rotatable bonds is 7. The first-order valence-corrected chi connectivity index (χ1v) is 10.1. The van der Waals surface area contributed by atoms with Crippen molar-refractivity contribution >= 4 is 0 Å². The maximum absolute atomic E-state index is 14.6. The average molecular weight is 404 g/mol. The Hall–Kier alpha value is -2.27. The average Bonchev–Trinajstić information content (AvgIpc) is 2.71. The topological polar surface area (TPSA) is 29.5 Å². The van der Waals surface area contributed by atoms with Gasteiger partial charge in [0, 0.05) is 0 Å². The number of benzene rings is 2. The van der Waals surface area contributed by atoms with Gasteiger partial charge in [-0.1, -0.05) is 24.3 Å². The van der Waals surface area contributed by atoms with E-state index in [0.29, 0.717) is 48.8 Å². The fraction of sp³-hybridized carbons (Fsp3) is 0.417. The van der Waals surface area contributed by atoms with Gasteiger partial charge in [-0.25, -0.2) is 8.78 Å². The number of aliphatic hydroxyl groups is 1. The summed E-state index contributed by atoms with van der Waals surface area (Å²) in [6.07, 6.45) is 4.23. The van der Waals surface area contributed by atoms with Crippen LogP contribution in [0.5, 0.6) is 5.75 Å². The zero-order valence-electron chi connectivity index (χ0n) is 16.6. The quantitative estimate of drug-likeness (QED) is 0.419. The van der Waals surface area contributed by atoms with Crippen molar-refractivity contribution < 1.29 is 23.0 Å². The third-order valence-electron chi connectivity index (χ3n) is 5.77. The minimum Gasteiger partial charge on any atom is -0.490 e. The third-order valence-corrected chi connectivity index (χ3v) is 5.77. The van der Waals surface area contributed by atoms with Gasteiger partial charge in [-0.3, -0.25) is 0 Å². The van der Waals surface area contributed by atoms with Crippen LogP contribution in [-0.2, 0) is 0 Å². The van der Waals surface area contributed by atoms with Gasteiger partial charge >= 0.3 is 0 Å². The molecule has 1 N–H and O–H groups in total. The second-order valence-corrected chi connectivity index (χ2v) is 7.71. The van der Waals surface area contributed by atoms with Crippen molar-refractivity contribution in [3.8, 4) is 5.75 Å². The Morgan fingerprint density at radius 3 is 2.24 bits per heavy atom. The van der Waals surface area contributed by atoms with Crippen LogP contribution in [-0.4, -0.2) is 11.7 Å². The van der Waals surface area contributed by atoms with E-state index in [4.69, 9.17) is 4.74 Å². The molecule has 0 aromatic heterocycles.